The highest BCUT2D eigenvalue weighted by atomic mass is 32.1. The lowest BCUT2D eigenvalue weighted by Crippen LogP contribution is -2.24. The predicted octanol–water partition coefficient (Wildman–Crippen LogP) is 1.46. The highest BCUT2D eigenvalue weighted by Crippen LogP contribution is 2.30. The summed E-state index contributed by atoms with van der Waals surface area (Å²) < 4.78 is 11.3. The maximum absolute atomic E-state index is 5.39. The van der Waals surface area contributed by atoms with Crippen LogP contribution in [0.25, 0.3) is 0 Å². The van der Waals surface area contributed by atoms with Crippen LogP contribution in [0.2, 0.25) is 0 Å². The van der Waals surface area contributed by atoms with E-state index in [2.05, 4.69) is 33.8 Å². The smallest absolute Gasteiger partial charge is 0.161 e. The predicted molar refractivity (Wildman–Crippen MR) is 69.9 cm³/mol. The zero-order valence-electron chi connectivity index (χ0n) is 10.8. The fourth-order valence-corrected chi connectivity index (χ4v) is 2.50. The van der Waals surface area contributed by atoms with Crippen LogP contribution in [0.5, 0.6) is 5.75 Å². The van der Waals surface area contributed by atoms with E-state index in [9.17, 15) is 0 Å². The van der Waals surface area contributed by atoms with Crippen molar-refractivity contribution in [1.29, 1.82) is 0 Å². The Balaban J connectivity index is 2.44. The monoisotopic (exact) mass is 267 g/mol. The zero-order valence-corrected chi connectivity index (χ0v) is 11.6. The standard InChI is InChI=1S/C11H17N5OS/c1-4-12-10(9-7-13-15-18-9)11-8(17-3)6-14-16(11)5-2/h6-7,10,12H,4-5H2,1-3H3. The second-order valence-corrected chi connectivity index (χ2v) is 4.54. The second-order valence-electron chi connectivity index (χ2n) is 3.72. The summed E-state index contributed by atoms with van der Waals surface area (Å²) in [4.78, 5) is 1.06. The Kier molecular flexibility index (Phi) is 4.27. The van der Waals surface area contributed by atoms with Crippen LogP contribution in [0.3, 0.4) is 0 Å². The molecule has 0 fully saturated rings. The molecule has 6 nitrogen and oxygen atoms in total. The maximum Gasteiger partial charge on any atom is 0.161 e. The summed E-state index contributed by atoms with van der Waals surface area (Å²) >= 11 is 1.39. The third-order valence-corrected chi connectivity index (χ3v) is 3.44. The van der Waals surface area contributed by atoms with Crippen LogP contribution in [-0.2, 0) is 6.54 Å². The van der Waals surface area contributed by atoms with Crippen molar-refractivity contribution in [3.8, 4) is 5.75 Å². The summed E-state index contributed by atoms with van der Waals surface area (Å²) in [5.74, 6) is 0.788. The number of ether oxygens (including phenoxy) is 1. The Morgan fingerprint density at radius 1 is 1.44 bits per heavy atom. The lowest BCUT2D eigenvalue weighted by Gasteiger charge is -2.18. The van der Waals surface area contributed by atoms with Crippen LogP contribution in [0.1, 0.15) is 30.5 Å². The average molecular weight is 267 g/mol. The molecule has 2 aromatic heterocycles. The molecule has 0 aromatic carbocycles. The van der Waals surface area contributed by atoms with Gasteiger partial charge in [-0.2, -0.15) is 5.10 Å². The SMILES string of the molecule is CCNC(c1cnns1)c1c(OC)cnn1CC. The fraction of sp³-hybridized carbons (Fsp3) is 0.545. The minimum Gasteiger partial charge on any atom is -0.493 e. The Morgan fingerprint density at radius 2 is 2.28 bits per heavy atom. The molecule has 0 radical (unpaired) electrons. The van der Waals surface area contributed by atoms with Crippen LogP contribution < -0.4 is 10.1 Å². The molecule has 1 atom stereocenters. The van der Waals surface area contributed by atoms with Crippen molar-refractivity contribution >= 4 is 11.5 Å². The van der Waals surface area contributed by atoms with Crippen LogP contribution in [0.15, 0.2) is 12.4 Å². The molecule has 1 N–H and O–H groups in total. The minimum atomic E-state index is 0.0207. The lowest BCUT2D eigenvalue weighted by atomic mass is 10.1. The average Bonchev–Trinajstić information content (AvgIpc) is 3.04. The van der Waals surface area contributed by atoms with Crippen LogP contribution >= 0.6 is 11.5 Å². The van der Waals surface area contributed by atoms with Crippen LogP contribution in [0.4, 0.5) is 0 Å². The lowest BCUT2D eigenvalue weighted by molar-refractivity contribution is 0.400. The molecule has 0 aliphatic rings. The van der Waals surface area contributed by atoms with Crippen molar-refractivity contribution in [2.45, 2.75) is 26.4 Å². The van der Waals surface area contributed by atoms with E-state index in [-0.39, 0.29) is 6.04 Å². The summed E-state index contributed by atoms with van der Waals surface area (Å²) in [6.07, 6.45) is 3.53. The van der Waals surface area contributed by atoms with Crippen molar-refractivity contribution < 1.29 is 4.74 Å². The number of aryl methyl sites for hydroxylation is 1. The quantitative estimate of drug-likeness (QED) is 0.858. The van der Waals surface area contributed by atoms with E-state index in [1.165, 1.54) is 11.5 Å². The molecule has 7 heteroatoms. The highest BCUT2D eigenvalue weighted by molar-refractivity contribution is 7.05. The van der Waals surface area contributed by atoms with Gasteiger partial charge in [-0.05, 0) is 25.0 Å². The Bertz CT molecular complexity index is 460. The molecular weight excluding hydrogens is 250 g/mol. The third kappa shape index (κ3) is 2.37. The molecule has 2 rings (SSSR count). The fourth-order valence-electron chi connectivity index (χ4n) is 1.92. The van der Waals surface area contributed by atoms with Crippen molar-refractivity contribution in [2.75, 3.05) is 13.7 Å². The first-order valence-electron chi connectivity index (χ1n) is 5.92. The number of aromatic nitrogens is 4. The highest BCUT2D eigenvalue weighted by Gasteiger charge is 2.24. The summed E-state index contributed by atoms with van der Waals surface area (Å²) in [5, 5.41) is 11.7. The first-order chi connectivity index (χ1) is 8.81. The van der Waals surface area contributed by atoms with Gasteiger partial charge in [0.05, 0.1) is 30.4 Å². The summed E-state index contributed by atoms with van der Waals surface area (Å²) in [6.45, 7) is 5.78. The van der Waals surface area contributed by atoms with Crippen molar-refractivity contribution in [3.05, 3.63) is 23.0 Å². The summed E-state index contributed by atoms with van der Waals surface area (Å²) in [7, 11) is 1.66. The normalized spacial score (nSPS) is 12.6. The van der Waals surface area contributed by atoms with E-state index < -0.39 is 0 Å². The van der Waals surface area contributed by atoms with Crippen LogP contribution in [0, 0.1) is 0 Å². The van der Waals surface area contributed by atoms with Crippen molar-refractivity contribution in [2.24, 2.45) is 0 Å². The first-order valence-corrected chi connectivity index (χ1v) is 6.69. The van der Waals surface area contributed by atoms with E-state index in [0.29, 0.717) is 0 Å². The van der Waals surface area contributed by atoms with Gasteiger partial charge in [0, 0.05) is 6.54 Å². The molecule has 2 heterocycles. The van der Waals surface area contributed by atoms with Gasteiger partial charge in [0.15, 0.2) is 5.75 Å². The number of methoxy groups -OCH3 is 1. The number of hydrogen-bond acceptors (Lipinski definition) is 6. The van der Waals surface area contributed by atoms with E-state index in [0.717, 1.165) is 29.4 Å². The van der Waals surface area contributed by atoms with E-state index in [1.54, 1.807) is 19.5 Å². The van der Waals surface area contributed by atoms with Gasteiger partial charge in [-0.25, -0.2) is 0 Å². The number of nitrogens with zero attached hydrogens (tertiary/aromatic N) is 4. The summed E-state index contributed by atoms with van der Waals surface area (Å²) in [5.41, 5.74) is 1.02. The Hall–Kier alpha value is -1.47. The molecule has 1 unspecified atom stereocenters. The second kappa shape index (κ2) is 5.92. The van der Waals surface area contributed by atoms with Crippen molar-refractivity contribution in [1.82, 2.24) is 24.7 Å². The number of rotatable bonds is 6. The molecule has 0 amide bonds. The molecule has 2 aromatic rings. The van der Waals surface area contributed by atoms with Gasteiger partial charge in [-0.1, -0.05) is 11.4 Å². The van der Waals surface area contributed by atoms with E-state index >= 15 is 0 Å². The van der Waals surface area contributed by atoms with Gasteiger partial charge in [0.2, 0.25) is 0 Å². The molecule has 98 valence electrons. The topological polar surface area (TPSA) is 64.9 Å². The van der Waals surface area contributed by atoms with Crippen molar-refractivity contribution in [3.63, 3.8) is 0 Å². The number of hydrogen-bond donors (Lipinski definition) is 1. The van der Waals surface area contributed by atoms with Gasteiger partial charge in [-0.15, -0.1) is 5.10 Å². The largest absolute Gasteiger partial charge is 0.493 e. The molecule has 18 heavy (non-hydrogen) atoms. The van der Waals surface area contributed by atoms with E-state index in [4.69, 9.17) is 4.74 Å². The summed E-state index contributed by atoms with van der Waals surface area (Å²) in [6, 6.07) is 0.0207. The minimum absolute atomic E-state index is 0.0207. The molecule has 0 saturated heterocycles. The van der Waals surface area contributed by atoms with Crippen LogP contribution in [-0.4, -0.2) is 33.0 Å². The molecule has 0 aliphatic heterocycles. The van der Waals surface area contributed by atoms with Gasteiger partial charge in [0.25, 0.3) is 0 Å². The molecule has 0 saturated carbocycles. The van der Waals surface area contributed by atoms with Gasteiger partial charge in [-0.3, -0.25) is 4.68 Å². The molecule has 0 bridgehead atoms. The number of nitrogens with one attached hydrogen (secondary N) is 1. The molecule has 0 aliphatic carbocycles. The van der Waals surface area contributed by atoms with E-state index in [1.807, 2.05) is 4.68 Å². The van der Waals surface area contributed by atoms with Gasteiger partial charge < -0.3 is 10.1 Å². The van der Waals surface area contributed by atoms with Gasteiger partial charge >= 0.3 is 0 Å². The van der Waals surface area contributed by atoms with Gasteiger partial charge in [0.1, 0.15) is 5.69 Å². The maximum atomic E-state index is 5.39. The first kappa shape index (κ1) is 13.0. The Labute approximate surface area is 110 Å². The Morgan fingerprint density at radius 3 is 2.83 bits per heavy atom. The zero-order chi connectivity index (χ0) is 13.0. The third-order valence-electron chi connectivity index (χ3n) is 2.71. The molecular formula is C11H17N5OS. The molecule has 0 spiro atoms.